The average Bonchev–Trinajstić information content (AvgIpc) is 3.07. The van der Waals surface area contributed by atoms with Crippen LogP contribution in [0.4, 0.5) is 11.4 Å². The molecule has 0 aromatic heterocycles. The van der Waals surface area contributed by atoms with Gasteiger partial charge in [-0.15, -0.1) is 0 Å². The minimum absolute atomic E-state index is 0.0381. The van der Waals surface area contributed by atoms with Crippen LogP contribution < -0.4 is 15.0 Å². The molecule has 0 saturated carbocycles. The van der Waals surface area contributed by atoms with Crippen molar-refractivity contribution in [1.29, 1.82) is 0 Å². The Labute approximate surface area is 183 Å². The standard InChI is InChI=1S/C26H28N2O3/c1-3-5-16-28-23-15-14-22(20-8-7-9-21(24(20)23)26(28)30)27-25(29)18-10-12-19(13-11-18)31-17-6-4-2/h7-15H,3-6,16-17H2,1-2H3,(H,27,29). The zero-order valence-electron chi connectivity index (χ0n) is 18.1. The van der Waals surface area contributed by atoms with Crippen LogP contribution in [0.5, 0.6) is 5.75 Å². The molecule has 1 aliphatic rings. The Morgan fingerprint density at radius 1 is 0.968 bits per heavy atom. The Hall–Kier alpha value is -3.34. The Morgan fingerprint density at radius 3 is 2.48 bits per heavy atom. The Balaban J connectivity index is 1.57. The number of unbranched alkanes of at least 4 members (excludes halogenated alkanes) is 2. The normalized spacial score (nSPS) is 12.5. The lowest BCUT2D eigenvalue weighted by molar-refractivity contribution is 0.0991. The molecule has 4 rings (SSSR count). The van der Waals surface area contributed by atoms with Crippen LogP contribution in [0.15, 0.2) is 54.6 Å². The molecule has 2 amide bonds. The van der Waals surface area contributed by atoms with E-state index in [-0.39, 0.29) is 11.8 Å². The molecule has 0 bridgehead atoms. The zero-order chi connectivity index (χ0) is 21.8. The molecule has 31 heavy (non-hydrogen) atoms. The van der Waals surface area contributed by atoms with Gasteiger partial charge in [0.1, 0.15) is 5.75 Å². The summed E-state index contributed by atoms with van der Waals surface area (Å²) in [5.74, 6) is 0.616. The Kier molecular flexibility index (Phi) is 6.21. The van der Waals surface area contributed by atoms with Crippen molar-refractivity contribution in [3.63, 3.8) is 0 Å². The first-order valence-electron chi connectivity index (χ1n) is 11.1. The highest BCUT2D eigenvalue weighted by atomic mass is 16.5. The van der Waals surface area contributed by atoms with Crippen molar-refractivity contribution in [1.82, 2.24) is 0 Å². The lowest BCUT2D eigenvalue weighted by atomic mass is 10.0. The molecule has 0 spiro atoms. The molecule has 1 heterocycles. The van der Waals surface area contributed by atoms with E-state index in [0.717, 1.165) is 47.9 Å². The van der Waals surface area contributed by atoms with Gasteiger partial charge in [0.2, 0.25) is 0 Å². The van der Waals surface area contributed by atoms with Gasteiger partial charge in [0.25, 0.3) is 11.8 Å². The number of hydrogen-bond donors (Lipinski definition) is 1. The molecular formula is C26H28N2O3. The minimum atomic E-state index is -0.187. The topological polar surface area (TPSA) is 58.6 Å². The van der Waals surface area contributed by atoms with E-state index < -0.39 is 0 Å². The molecule has 5 nitrogen and oxygen atoms in total. The number of ether oxygens (including phenoxy) is 1. The van der Waals surface area contributed by atoms with Crippen molar-refractivity contribution in [2.45, 2.75) is 39.5 Å². The van der Waals surface area contributed by atoms with E-state index in [4.69, 9.17) is 4.74 Å². The molecule has 0 unspecified atom stereocenters. The molecule has 160 valence electrons. The second-order valence-electron chi connectivity index (χ2n) is 7.85. The molecule has 3 aromatic rings. The van der Waals surface area contributed by atoms with Crippen molar-refractivity contribution in [3.05, 3.63) is 65.7 Å². The van der Waals surface area contributed by atoms with Gasteiger partial charge >= 0.3 is 0 Å². The number of amides is 2. The maximum absolute atomic E-state index is 12.9. The fourth-order valence-electron chi connectivity index (χ4n) is 3.92. The van der Waals surface area contributed by atoms with Gasteiger partial charge in [0.15, 0.2) is 0 Å². The van der Waals surface area contributed by atoms with Gasteiger partial charge in [-0.05, 0) is 55.3 Å². The van der Waals surface area contributed by atoms with Gasteiger partial charge in [0, 0.05) is 34.1 Å². The largest absolute Gasteiger partial charge is 0.494 e. The van der Waals surface area contributed by atoms with Gasteiger partial charge < -0.3 is 15.0 Å². The maximum Gasteiger partial charge on any atom is 0.258 e. The molecule has 0 saturated heterocycles. The van der Waals surface area contributed by atoms with Crippen LogP contribution >= 0.6 is 0 Å². The van der Waals surface area contributed by atoms with Gasteiger partial charge in [-0.1, -0.05) is 38.8 Å². The highest BCUT2D eigenvalue weighted by Crippen LogP contribution is 2.40. The summed E-state index contributed by atoms with van der Waals surface area (Å²) in [6, 6.07) is 16.7. The predicted molar refractivity (Wildman–Crippen MR) is 125 cm³/mol. The van der Waals surface area contributed by atoms with Crippen molar-refractivity contribution in [2.24, 2.45) is 0 Å². The van der Waals surface area contributed by atoms with E-state index in [1.807, 2.05) is 47.4 Å². The highest BCUT2D eigenvalue weighted by molar-refractivity contribution is 6.27. The Morgan fingerprint density at radius 2 is 1.74 bits per heavy atom. The summed E-state index contributed by atoms with van der Waals surface area (Å²) in [5.41, 5.74) is 2.90. The molecule has 5 heteroatoms. The van der Waals surface area contributed by atoms with Gasteiger partial charge in [0.05, 0.1) is 12.3 Å². The number of carbonyl (C=O) groups is 2. The summed E-state index contributed by atoms with van der Waals surface area (Å²) >= 11 is 0. The summed E-state index contributed by atoms with van der Waals surface area (Å²) in [6.07, 6.45) is 4.07. The highest BCUT2D eigenvalue weighted by Gasteiger charge is 2.30. The van der Waals surface area contributed by atoms with Crippen LogP contribution in [0.2, 0.25) is 0 Å². The molecule has 1 N–H and O–H groups in total. The summed E-state index contributed by atoms with van der Waals surface area (Å²) < 4.78 is 5.67. The molecule has 0 atom stereocenters. The monoisotopic (exact) mass is 416 g/mol. The summed E-state index contributed by atoms with van der Waals surface area (Å²) in [5, 5.41) is 4.82. The van der Waals surface area contributed by atoms with Gasteiger partial charge in [-0.2, -0.15) is 0 Å². The van der Waals surface area contributed by atoms with E-state index in [9.17, 15) is 9.59 Å². The smallest absolute Gasteiger partial charge is 0.258 e. The van der Waals surface area contributed by atoms with Crippen molar-refractivity contribution >= 4 is 34.0 Å². The maximum atomic E-state index is 12.9. The number of nitrogens with one attached hydrogen (secondary N) is 1. The fourth-order valence-corrected chi connectivity index (χ4v) is 3.92. The van der Waals surface area contributed by atoms with Crippen LogP contribution in [-0.2, 0) is 0 Å². The van der Waals surface area contributed by atoms with E-state index in [1.165, 1.54) is 0 Å². The van der Waals surface area contributed by atoms with Crippen molar-refractivity contribution < 1.29 is 14.3 Å². The third-order valence-corrected chi connectivity index (χ3v) is 5.65. The lowest BCUT2D eigenvalue weighted by Crippen LogP contribution is -2.27. The van der Waals surface area contributed by atoms with Crippen LogP contribution in [-0.4, -0.2) is 25.0 Å². The van der Waals surface area contributed by atoms with Crippen molar-refractivity contribution in [3.8, 4) is 5.75 Å². The minimum Gasteiger partial charge on any atom is -0.494 e. The van der Waals surface area contributed by atoms with Crippen LogP contribution in [0.25, 0.3) is 10.8 Å². The van der Waals surface area contributed by atoms with E-state index in [1.54, 1.807) is 12.1 Å². The molecular weight excluding hydrogens is 388 g/mol. The van der Waals surface area contributed by atoms with E-state index in [0.29, 0.717) is 30.0 Å². The quantitative estimate of drug-likeness (QED) is 0.433. The number of rotatable bonds is 9. The van der Waals surface area contributed by atoms with Crippen LogP contribution in [0.1, 0.15) is 60.2 Å². The van der Waals surface area contributed by atoms with Crippen molar-refractivity contribution in [2.75, 3.05) is 23.4 Å². The number of benzene rings is 3. The second-order valence-corrected chi connectivity index (χ2v) is 7.85. The SMILES string of the molecule is CCCCOc1ccc(C(=O)Nc2ccc3c4c(cccc24)C(=O)N3CCCC)cc1. The predicted octanol–water partition coefficient (Wildman–Crippen LogP) is 6.03. The summed E-state index contributed by atoms with van der Waals surface area (Å²) in [6.45, 7) is 5.62. The third kappa shape index (κ3) is 4.13. The Bertz CT molecular complexity index is 1110. The number of anilines is 2. The summed E-state index contributed by atoms with van der Waals surface area (Å²) in [7, 11) is 0. The third-order valence-electron chi connectivity index (χ3n) is 5.65. The molecule has 0 radical (unpaired) electrons. The average molecular weight is 417 g/mol. The molecule has 1 aliphatic heterocycles. The number of nitrogens with zero attached hydrogens (tertiary/aromatic N) is 1. The van der Waals surface area contributed by atoms with Gasteiger partial charge in [-0.3, -0.25) is 9.59 Å². The first-order valence-corrected chi connectivity index (χ1v) is 11.1. The van der Waals surface area contributed by atoms with Crippen LogP contribution in [0.3, 0.4) is 0 Å². The van der Waals surface area contributed by atoms with E-state index in [2.05, 4.69) is 19.2 Å². The molecule has 0 fully saturated rings. The first-order chi connectivity index (χ1) is 15.1. The van der Waals surface area contributed by atoms with Gasteiger partial charge in [-0.25, -0.2) is 0 Å². The summed E-state index contributed by atoms with van der Waals surface area (Å²) in [4.78, 5) is 27.6. The molecule has 3 aromatic carbocycles. The van der Waals surface area contributed by atoms with E-state index >= 15 is 0 Å². The fraction of sp³-hybridized carbons (Fsp3) is 0.308. The number of hydrogen-bond acceptors (Lipinski definition) is 3. The zero-order valence-corrected chi connectivity index (χ0v) is 18.1. The first kappa shape index (κ1) is 20.9. The number of carbonyl (C=O) groups excluding carboxylic acids is 2. The lowest BCUT2D eigenvalue weighted by Gasteiger charge is -2.17. The second kappa shape index (κ2) is 9.21. The molecule has 0 aliphatic carbocycles. The van der Waals surface area contributed by atoms with Crippen LogP contribution in [0, 0.1) is 0 Å².